The maximum absolute atomic E-state index is 13.5. The average Bonchev–Trinajstić information content (AvgIpc) is 2.77. The van der Waals surface area contributed by atoms with Gasteiger partial charge in [0.25, 0.3) is 5.91 Å². The van der Waals surface area contributed by atoms with Crippen LogP contribution in [-0.2, 0) is 12.6 Å². The van der Waals surface area contributed by atoms with Crippen molar-refractivity contribution >= 4 is 5.91 Å². The van der Waals surface area contributed by atoms with Crippen LogP contribution in [0.3, 0.4) is 0 Å². The molecule has 1 saturated carbocycles. The zero-order chi connectivity index (χ0) is 21.1. The monoisotopic (exact) mass is 415 g/mol. The summed E-state index contributed by atoms with van der Waals surface area (Å²) in [7, 11) is 0. The molecule has 2 aromatic rings. The van der Waals surface area contributed by atoms with E-state index in [9.17, 15) is 18.0 Å². The summed E-state index contributed by atoms with van der Waals surface area (Å²) in [6.45, 7) is 0.456. The number of halogens is 3. The number of carbonyl (C=O) groups excluding carboxylic acids is 1. The van der Waals surface area contributed by atoms with E-state index in [-0.39, 0.29) is 11.6 Å². The third-order valence-corrected chi connectivity index (χ3v) is 6.71. The lowest BCUT2D eigenvalue weighted by molar-refractivity contribution is -0.138. The molecule has 1 fully saturated rings. The van der Waals surface area contributed by atoms with Crippen LogP contribution in [0.5, 0.6) is 0 Å². The molecule has 160 valence electrons. The summed E-state index contributed by atoms with van der Waals surface area (Å²) in [5.41, 5.74) is 1.21. The number of rotatable bonds is 4. The fourth-order valence-electron chi connectivity index (χ4n) is 5.15. The van der Waals surface area contributed by atoms with E-state index < -0.39 is 17.6 Å². The molecule has 30 heavy (non-hydrogen) atoms. The number of fused-ring (bicyclic) bond motifs is 1. The van der Waals surface area contributed by atoms with Crippen molar-refractivity contribution in [1.29, 1.82) is 0 Å². The highest BCUT2D eigenvalue weighted by molar-refractivity contribution is 5.96. The minimum absolute atomic E-state index is 0.161. The van der Waals surface area contributed by atoms with Crippen molar-refractivity contribution in [2.24, 2.45) is 5.92 Å². The van der Waals surface area contributed by atoms with E-state index in [1.165, 1.54) is 55.9 Å². The summed E-state index contributed by atoms with van der Waals surface area (Å²) in [5, 5.41) is 0. The van der Waals surface area contributed by atoms with Crippen molar-refractivity contribution in [1.82, 2.24) is 4.90 Å². The molecule has 4 rings (SSSR count). The Labute approximate surface area is 176 Å². The fraction of sp³-hybridized carbons (Fsp3) is 0.480. The van der Waals surface area contributed by atoms with Crippen molar-refractivity contribution in [3.8, 4) is 0 Å². The molecular weight excluding hydrogens is 387 g/mol. The van der Waals surface area contributed by atoms with Gasteiger partial charge in [0.15, 0.2) is 0 Å². The van der Waals surface area contributed by atoms with Crippen LogP contribution >= 0.6 is 0 Å². The maximum atomic E-state index is 13.5. The Morgan fingerprint density at radius 1 is 0.933 bits per heavy atom. The van der Waals surface area contributed by atoms with E-state index in [4.69, 9.17) is 0 Å². The van der Waals surface area contributed by atoms with Crippen molar-refractivity contribution in [3.05, 3.63) is 70.8 Å². The van der Waals surface area contributed by atoms with Crippen LogP contribution < -0.4 is 0 Å². The Morgan fingerprint density at radius 2 is 1.63 bits per heavy atom. The summed E-state index contributed by atoms with van der Waals surface area (Å²) >= 11 is 0. The molecule has 0 saturated heterocycles. The quantitative estimate of drug-likeness (QED) is 0.537. The maximum Gasteiger partial charge on any atom is 0.417 e. The van der Waals surface area contributed by atoms with Gasteiger partial charge in [0, 0.05) is 6.54 Å². The summed E-state index contributed by atoms with van der Waals surface area (Å²) in [6, 6.07) is 13.1. The lowest BCUT2D eigenvalue weighted by Crippen LogP contribution is -2.41. The van der Waals surface area contributed by atoms with Gasteiger partial charge in [-0.3, -0.25) is 4.79 Å². The second-order valence-electron chi connectivity index (χ2n) is 8.59. The van der Waals surface area contributed by atoms with E-state index in [1.807, 2.05) is 18.2 Å². The third-order valence-electron chi connectivity index (χ3n) is 6.71. The molecule has 1 heterocycles. The largest absolute Gasteiger partial charge is 0.417 e. The van der Waals surface area contributed by atoms with E-state index in [0.29, 0.717) is 18.9 Å². The molecule has 1 amide bonds. The predicted molar refractivity (Wildman–Crippen MR) is 111 cm³/mol. The molecule has 1 atom stereocenters. The van der Waals surface area contributed by atoms with Gasteiger partial charge in [-0.05, 0) is 48.4 Å². The summed E-state index contributed by atoms with van der Waals surface area (Å²) in [6.07, 6.45) is 4.21. The van der Waals surface area contributed by atoms with Gasteiger partial charge < -0.3 is 4.90 Å². The number of hydrogen-bond acceptors (Lipinski definition) is 1. The number of nitrogens with zero attached hydrogens (tertiary/aromatic N) is 1. The molecule has 1 aliphatic heterocycles. The van der Waals surface area contributed by atoms with Gasteiger partial charge in [0.1, 0.15) is 0 Å². The van der Waals surface area contributed by atoms with Crippen LogP contribution in [0.4, 0.5) is 13.2 Å². The Kier molecular flexibility index (Phi) is 6.16. The van der Waals surface area contributed by atoms with Gasteiger partial charge in [-0.2, -0.15) is 13.2 Å². The SMILES string of the molecule is O=C(c1ccccc1C(F)(F)F)N1CCc2ccccc2C1CCC1CCCCC1. The van der Waals surface area contributed by atoms with Gasteiger partial charge in [0.2, 0.25) is 0 Å². The Bertz CT molecular complexity index is 886. The van der Waals surface area contributed by atoms with Crippen molar-refractivity contribution < 1.29 is 18.0 Å². The van der Waals surface area contributed by atoms with E-state index >= 15 is 0 Å². The second-order valence-corrected chi connectivity index (χ2v) is 8.59. The minimum Gasteiger partial charge on any atom is -0.331 e. The number of benzene rings is 2. The van der Waals surface area contributed by atoms with E-state index in [1.54, 1.807) is 4.90 Å². The van der Waals surface area contributed by atoms with Crippen LogP contribution in [0, 0.1) is 5.92 Å². The average molecular weight is 415 g/mol. The van der Waals surface area contributed by atoms with Crippen molar-refractivity contribution in [2.75, 3.05) is 6.54 Å². The van der Waals surface area contributed by atoms with Crippen LogP contribution in [-0.4, -0.2) is 17.4 Å². The second kappa shape index (κ2) is 8.83. The fourth-order valence-corrected chi connectivity index (χ4v) is 5.15. The standard InChI is InChI=1S/C25H28F3NO/c26-25(27,28)22-13-7-6-12-21(22)24(30)29-17-16-19-10-4-5-11-20(19)23(29)15-14-18-8-2-1-3-9-18/h4-7,10-13,18,23H,1-3,8-9,14-17H2. The highest BCUT2D eigenvalue weighted by Gasteiger charge is 2.38. The van der Waals surface area contributed by atoms with Crippen LogP contribution in [0.25, 0.3) is 0 Å². The summed E-state index contributed by atoms with van der Waals surface area (Å²) in [4.78, 5) is 15.1. The Balaban J connectivity index is 1.63. The molecule has 0 N–H and O–H groups in total. The Hall–Kier alpha value is -2.30. The van der Waals surface area contributed by atoms with Crippen LogP contribution in [0.1, 0.15) is 78.0 Å². The first-order valence-electron chi connectivity index (χ1n) is 11.0. The molecule has 2 aliphatic rings. The first-order valence-corrected chi connectivity index (χ1v) is 11.0. The molecule has 2 nitrogen and oxygen atoms in total. The van der Waals surface area contributed by atoms with Gasteiger partial charge >= 0.3 is 6.18 Å². The number of carbonyl (C=O) groups is 1. The van der Waals surface area contributed by atoms with Crippen molar-refractivity contribution in [2.45, 2.75) is 63.6 Å². The van der Waals surface area contributed by atoms with Crippen LogP contribution in [0.15, 0.2) is 48.5 Å². The van der Waals surface area contributed by atoms with Gasteiger partial charge in [-0.1, -0.05) is 68.5 Å². The molecule has 1 unspecified atom stereocenters. The number of hydrogen-bond donors (Lipinski definition) is 0. The smallest absolute Gasteiger partial charge is 0.331 e. The minimum atomic E-state index is -4.54. The Morgan fingerprint density at radius 3 is 2.40 bits per heavy atom. The number of amides is 1. The predicted octanol–water partition coefficient (Wildman–Crippen LogP) is 6.81. The third kappa shape index (κ3) is 4.40. The lowest BCUT2D eigenvalue weighted by atomic mass is 9.82. The zero-order valence-electron chi connectivity index (χ0n) is 17.1. The van der Waals surface area contributed by atoms with E-state index in [0.717, 1.165) is 24.5 Å². The molecule has 0 spiro atoms. The molecule has 0 radical (unpaired) electrons. The topological polar surface area (TPSA) is 20.3 Å². The molecule has 1 aliphatic carbocycles. The van der Waals surface area contributed by atoms with Crippen molar-refractivity contribution in [3.63, 3.8) is 0 Å². The highest BCUT2D eigenvalue weighted by Crippen LogP contribution is 2.39. The van der Waals surface area contributed by atoms with Gasteiger partial charge in [-0.25, -0.2) is 0 Å². The highest BCUT2D eigenvalue weighted by atomic mass is 19.4. The normalized spacial score (nSPS) is 20.1. The summed E-state index contributed by atoms with van der Waals surface area (Å²) < 4.78 is 40.6. The lowest BCUT2D eigenvalue weighted by Gasteiger charge is -2.39. The molecule has 2 aromatic carbocycles. The first kappa shape index (κ1) is 21.0. The van der Waals surface area contributed by atoms with E-state index in [2.05, 4.69) is 6.07 Å². The molecular formula is C25H28F3NO. The molecule has 0 aromatic heterocycles. The zero-order valence-corrected chi connectivity index (χ0v) is 17.1. The van der Waals surface area contributed by atoms with Gasteiger partial charge in [-0.15, -0.1) is 0 Å². The number of alkyl halides is 3. The first-order chi connectivity index (χ1) is 14.4. The van der Waals surface area contributed by atoms with Crippen LogP contribution in [0.2, 0.25) is 0 Å². The molecule has 5 heteroatoms. The van der Waals surface area contributed by atoms with Gasteiger partial charge in [0.05, 0.1) is 17.2 Å². The summed E-state index contributed by atoms with van der Waals surface area (Å²) in [5.74, 6) is 0.151. The molecule has 0 bridgehead atoms.